The lowest BCUT2D eigenvalue weighted by molar-refractivity contribution is -0.138. The Morgan fingerprint density at radius 3 is 2.28 bits per heavy atom. The molecule has 0 radical (unpaired) electrons. The lowest BCUT2D eigenvalue weighted by Crippen LogP contribution is -2.37. The maximum absolute atomic E-state index is 13.2. The van der Waals surface area contributed by atoms with Crippen LogP contribution in [0.25, 0.3) is 0 Å². The highest BCUT2D eigenvalue weighted by Crippen LogP contribution is 2.29. The highest BCUT2D eigenvalue weighted by Gasteiger charge is 2.28. The van der Waals surface area contributed by atoms with Crippen molar-refractivity contribution in [2.45, 2.75) is 32.5 Å². The summed E-state index contributed by atoms with van der Waals surface area (Å²) >= 11 is 0. The molecule has 0 saturated carbocycles. The molecule has 164 valence electrons. The first-order valence-corrected chi connectivity index (χ1v) is 10.2. The van der Waals surface area contributed by atoms with Crippen molar-refractivity contribution < 1.29 is 23.1 Å². The van der Waals surface area contributed by atoms with Gasteiger partial charge in [-0.15, -0.1) is 0 Å². The Balaban J connectivity index is 1.50. The van der Waals surface area contributed by atoms with Crippen molar-refractivity contribution in [1.82, 2.24) is 4.90 Å². The number of carbonyl (C=O) groups is 2. The number of hydrogen-bond acceptors (Lipinski definition) is 3. The third-order valence-electron chi connectivity index (χ3n) is 5.23. The molecule has 1 aliphatic rings. The van der Waals surface area contributed by atoms with E-state index in [1.54, 1.807) is 54.3 Å². The summed E-state index contributed by atoms with van der Waals surface area (Å²) in [5, 5.41) is 2.84. The van der Waals surface area contributed by atoms with E-state index in [2.05, 4.69) is 5.32 Å². The van der Waals surface area contributed by atoms with Crippen molar-refractivity contribution in [3.63, 3.8) is 0 Å². The Kier molecular flexibility index (Phi) is 6.16. The summed E-state index contributed by atoms with van der Waals surface area (Å²) < 4.78 is 32.1. The molecule has 1 N–H and O–H groups in total. The van der Waals surface area contributed by atoms with Crippen LogP contribution < -0.4 is 10.1 Å². The molecule has 1 heterocycles. The molecule has 0 fully saturated rings. The van der Waals surface area contributed by atoms with Crippen LogP contribution in [0, 0.1) is 11.6 Å². The molecule has 7 heteroatoms. The average molecular weight is 436 g/mol. The molecule has 0 bridgehead atoms. The summed E-state index contributed by atoms with van der Waals surface area (Å²) in [5.41, 5.74) is 2.83. The molecule has 0 spiro atoms. The third-order valence-corrected chi connectivity index (χ3v) is 5.23. The van der Waals surface area contributed by atoms with Crippen molar-refractivity contribution >= 4 is 17.5 Å². The minimum Gasteiger partial charge on any atom is -0.481 e. The van der Waals surface area contributed by atoms with Crippen LogP contribution in [0.5, 0.6) is 5.75 Å². The van der Waals surface area contributed by atoms with Crippen molar-refractivity contribution in [2.75, 3.05) is 5.32 Å². The Labute approximate surface area is 184 Å². The number of ether oxygens (including phenoxy) is 1. The fourth-order valence-corrected chi connectivity index (χ4v) is 3.61. The molecule has 2 amide bonds. The number of halogens is 2. The summed E-state index contributed by atoms with van der Waals surface area (Å²) in [6, 6.07) is 17.0. The Morgan fingerprint density at radius 1 is 1.00 bits per heavy atom. The van der Waals surface area contributed by atoms with Gasteiger partial charge in [0, 0.05) is 24.3 Å². The number of nitrogens with zero attached hydrogens (tertiary/aromatic N) is 1. The van der Waals surface area contributed by atoms with Gasteiger partial charge in [-0.25, -0.2) is 8.78 Å². The number of amides is 2. The van der Waals surface area contributed by atoms with Crippen LogP contribution in [0.15, 0.2) is 66.7 Å². The minimum absolute atomic E-state index is 0.111. The van der Waals surface area contributed by atoms with E-state index >= 15 is 0 Å². The zero-order valence-corrected chi connectivity index (χ0v) is 17.5. The van der Waals surface area contributed by atoms with Gasteiger partial charge < -0.3 is 15.0 Å². The smallest absolute Gasteiger partial charge is 0.263 e. The Morgan fingerprint density at radius 2 is 1.62 bits per heavy atom. The monoisotopic (exact) mass is 436 g/mol. The number of carbonyl (C=O) groups excluding carboxylic acids is 2. The summed E-state index contributed by atoms with van der Waals surface area (Å²) in [6.07, 6.45) is -0.560. The van der Waals surface area contributed by atoms with Gasteiger partial charge in [-0.3, -0.25) is 9.59 Å². The molecule has 0 aliphatic carbocycles. The van der Waals surface area contributed by atoms with Crippen LogP contribution in [-0.2, 0) is 29.1 Å². The number of anilines is 1. The predicted molar refractivity (Wildman–Crippen MR) is 116 cm³/mol. The van der Waals surface area contributed by atoms with Crippen LogP contribution in [0.4, 0.5) is 14.5 Å². The van der Waals surface area contributed by atoms with E-state index in [9.17, 15) is 18.4 Å². The van der Waals surface area contributed by atoms with E-state index in [0.29, 0.717) is 23.5 Å². The lowest BCUT2D eigenvalue weighted by atomic mass is 10.1. The largest absolute Gasteiger partial charge is 0.481 e. The number of hydrogen-bond donors (Lipinski definition) is 1. The summed E-state index contributed by atoms with van der Waals surface area (Å²) in [7, 11) is 0. The molecular formula is C25H22F2N2O3. The standard InChI is InChI=1S/C25H22F2N2O3/c1-16-25(31)29(14-18-4-8-21(27)9-5-18)15-19-13-22(10-11-23(19)32-16)28-24(30)12-17-2-6-20(26)7-3-17/h2-11,13,16H,12,14-15H2,1H3,(H,28,30). The van der Waals surface area contributed by atoms with Crippen LogP contribution >= 0.6 is 0 Å². The topological polar surface area (TPSA) is 58.6 Å². The Hall–Kier alpha value is -3.74. The van der Waals surface area contributed by atoms with Gasteiger partial charge in [0.1, 0.15) is 17.4 Å². The molecule has 4 rings (SSSR count). The van der Waals surface area contributed by atoms with Crippen LogP contribution in [0.3, 0.4) is 0 Å². The summed E-state index contributed by atoms with van der Waals surface area (Å²) in [4.78, 5) is 26.9. The Bertz CT molecular complexity index is 1130. The SMILES string of the molecule is CC1Oc2ccc(NC(=O)Cc3ccc(F)cc3)cc2CN(Cc2ccc(F)cc2)C1=O. The van der Waals surface area contributed by atoms with Gasteiger partial charge in [0.2, 0.25) is 5.91 Å². The van der Waals surface area contributed by atoms with Crippen molar-refractivity contribution in [1.29, 1.82) is 0 Å². The second-order valence-electron chi connectivity index (χ2n) is 7.75. The van der Waals surface area contributed by atoms with Gasteiger partial charge in [-0.2, -0.15) is 0 Å². The van der Waals surface area contributed by atoms with E-state index in [1.807, 2.05) is 0 Å². The molecule has 0 saturated heterocycles. The summed E-state index contributed by atoms with van der Waals surface area (Å²) in [6.45, 7) is 2.29. The fraction of sp³-hybridized carbons (Fsp3) is 0.200. The van der Waals surface area contributed by atoms with Gasteiger partial charge in [0.15, 0.2) is 6.10 Å². The van der Waals surface area contributed by atoms with E-state index < -0.39 is 6.10 Å². The van der Waals surface area contributed by atoms with E-state index in [4.69, 9.17) is 4.74 Å². The van der Waals surface area contributed by atoms with E-state index in [0.717, 1.165) is 11.1 Å². The first kappa shape index (κ1) is 21.5. The second-order valence-corrected chi connectivity index (χ2v) is 7.75. The van der Waals surface area contributed by atoms with Gasteiger partial charge in [-0.05, 0) is 60.5 Å². The highest BCUT2D eigenvalue weighted by atomic mass is 19.1. The normalized spacial score (nSPS) is 15.5. The van der Waals surface area contributed by atoms with Crippen molar-refractivity contribution in [2.24, 2.45) is 0 Å². The molecule has 3 aromatic carbocycles. The molecule has 0 aromatic heterocycles. The fourth-order valence-electron chi connectivity index (χ4n) is 3.61. The number of nitrogens with one attached hydrogen (secondary N) is 1. The van der Waals surface area contributed by atoms with Gasteiger partial charge in [-0.1, -0.05) is 24.3 Å². The average Bonchev–Trinajstić information content (AvgIpc) is 2.88. The van der Waals surface area contributed by atoms with E-state index in [1.165, 1.54) is 24.3 Å². The maximum atomic E-state index is 13.2. The van der Waals surface area contributed by atoms with Gasteiger partial charge >= 0.3 is 0 Å². The predicted octanol–water partition coefficient (Wildman–Crippen LogP) is 4.46. The molecule has 1 atom stereocenters. The lowest BCUT2D eigenvalue weighted by Gasteiger charge is -2.22. The van der Waals surface area contributed by atoms with Crippen LogP contribution in [0.1, 0.15) is 23.6 Å². The second kappa shape index (κ2) is 9.18. The van der Waals surface area contributed by atoms with Crippen LogP contribution in [0.2, 0.25) is 0 Å². The van der Waals surface area contributed by atoms with Crippen LogP contribution in [-0.4, -0.2) is 22.8 Å². The molecule has 3 aromatic rings. The molecule has 32 heavy (non-hydrogen) atoms. The zero-order chi connectivity index (χ0) is 22.7. The first-order valence-electron chi connectivity index (χ1n) is 10.2. The zero-order valence-electron chi connectivity index (χ0n) is 17.5. The van der Waals surface area contributed by atoms with Crippen molar-refractivity contribution in [3.8, 4) is 5.75 Å². The molecule has 1 unspecified atom stereocenters. The number of rotatable bonds is 5. The van der Waals surface area contributed by atoms with E-state index in [-0.39, 0.29) is 36.4 Å². The van der Waals surface area contributed by atoms with Gasteiger partial charge in [0.05, 0.1) is 6.42 Å². The minimum atomic E-state index is -0.671. The highest BCUT2D eigenvalue weighted by molar-refractivity contribution is 5.92. The number of benzene rings is 3. The van der Waals surface area contributed by atoms with Crippen molar-refractivity contribution in [3.05, 3.63) is 95.1 Å². The number of fused-ring (bicyclic) bond motifs is 1. The maximum Gasteiger partial charge on any atom is 0.263 e. The third kappa shape index (κ3) is 5.11. The first-order chi connectivity index (χ1) is 15.4. The quantitative estimate of drug-likeness (QED) is 0.643. The molecular weight excluding hydrogens is 414 g/mol. The molecule has 1 aliphatic heterocycles. The summed E-state index contributed by atoms with van der Waals surface area (Å²) in [5.74, 6) is -0.525. The van der Waals surface area contributed by atoms with Gasteiger partial charge in [0.25, 0.3) is 5.91 Å². The molecule has 5 nitrogen and oxygen atoms in total.